The summed E-state index contributed by atoms with van der Waals surface area (Å²) in [7, 11) is 1.56. The van der Waals surface area contributed by atoms with Crippen LogP contribution in [-0.2, 0) is 11.3 Å². The molecule has 118 valence electrons. The number of pyridine rings is 2. The molecule has 0 atom stereocenters. The van der Waals surface area contributed by atoms with Crippen molar-refractivity contribution >= 4 is 17.2 Å². The van der Waals surface area contributed by atoms with E-state index in [2.05, 4.69) is 10.3 Å². The van der Waals surface area contributed by atoms with Crippen LogP contribution in [0.5, 0.6) is 0 Å². The van der Waals surface area contributed by atoms with Crippen LogP contribution in [0.15, 0.2) is 53.8 Å². The molecule has 0 radical (unpaired) electrons. The van der Waals surface area contributed by atoms with Crippen LogP contribution in [0.4, 0.5) is 5.69 Å². The van der Waals surface area contributed by atoms with E-state index < -0.39 is 0 Å². The molecule has 1 N–H and O–H groups in total. The molecule has 3 aromatic rings. The molecule has 0 aromatic carbocycles. The Morgan fingerprint density at radius 1 is 1.26 bits per heavy atom. The lowest BCUT2D eigenvalue weighted by molar-refractivity contribution is 0.102. The molecule has 0 unspecified atom stereocenters. The fourth-order valence-corrected chi connectivity index (χ4v) is 2.23. The highest BCUT2D eigenvalue weighted by molar-refractivity contribution is 6.04. The first-order chi connectivity index (χ1) is 11.2. The van der Waals surface area contributed by atoms with Crippen molar-refractivity contribution in [2.45, 2.75) is 6.54 Å². The maximum absolute atomic E-state index is 12.3. The Bertz CT molecular complexity index is 897. The molecule has 1 amide bonds. The smallest absolute Gasteiger partial charge is 0.257 e. The largest absolute Gasteiger partial charge is 0.383 e. The van der Waals surface area contributed by atoms with E-state index in [1.165, 1.54) is 22.9 Å². The molecule has 0 bridgehead atoms. The number of methoxy groups -OCH3 is 1. The summed E-state index contributed by atoms with van der Waals surface area (Å²) in [5.74, 6) is -0.282. The minimum Gasteiger partial charge on any atom is -0.383 e. The van der Waals surface area contributed by atoms with Crippen molar-refractivity contribution in [3.63, 3.8) is 0 Å². The molecule has 7 nitrogen and oxygen atoms in total. The van der Waals surface area contributed by atoms with Crippen LogP contribution in [0.2, 0.25) is 0 Å². The first-order valence-electron chi connectivity index (χ1n) is 7.11. The standard InChI is InChI=1S/C16H16N4O3/c1-23-9-8-20-10-12(2-5-15(20)21)16(22)18-13-3-4-14-17-6-7-19(14)11-13/h2-7,10-11H,8-9H2,1H3,(H,18,22). The summed E-state index contributed by atoms with van der Waals surface area (Å²) in [6.07, 6.45) is 6.80. The molecule has 0 aliphatic rings. The van der Waals surface area contributed by atoms with Crippen LogP contribution < -0.4 is 10.9 Å². The van der Waals surface area contributed by atoms with Gasteiger partial charge in [0.15, 0.2) is 0 Å². The maximum Gasteiger partial charge on any atom is 0.257 e. The molecule has 0 spiro atoms. The highest BCUT2D eigenvalue weighted by atomic mass is 16.5. The summed E-state index contributed by atoms with van der Waals surface area (Å²) in [5, 5.41) is 2.81. The fraction of sp³-hybridized carbons (Fsp3) is 0.188. The van der Waals surface area contributed by atoms with E-state index in [-0.39, 0.29) is 11.5 Å². The number of carbonyl (C=O) groups excluding carboxylic acids is 1. The average molecular weight is 312 g/mol. The van der Waals surface area contributed by atoms with Gasteiger partial charge in [-0.1, -0.05) is 0 Å². The van der Waals surface area contributed by atoms with Gasteiger partial charge >= 0.3 is 0 Å². The number of anilines is 1. The first kappa shape index (κ1) is 15.0. The molecule has 0 saturated heterocycles. The highest BCUT2D eigenvalue weighted by Gasteiger charge is 2.09. The molecule has 3 heterocycles. The third kappa shape index (κ3) is 3.29. The number of amides is 1. The van der Waals surface area contributed by atoms with Gasteiger partial charge in [0.05, 0.1) is 17.9 Å². The second-order valence-electron chi connectivity index (χ2n) is 5.01. The predicted molar refractivity (Wildman–Crippen MR) is 85.7 cm³/mol. The normalized spacial score (nSPS) is 10.8. The second kappa shape index (κ2) is 6.45. The third-order valence-electron chi connectivity index (χ3n) is 3.43. The van der Waals surface area contributed by atoms with Gasteiger partial charge in [-0.3, -0.25) is 9.59 Å². The second-order valence-corrected chi connectivity index (χ2v) is 5.01. The van der Waals surface area contributed by atoms with E-state index in [4.69, 9.17) is 4.74 Å². The Labute approximate surface area is 132 Å². The summed E-state index contributed by atoms with van der Waals surface area (Å²) in [4.78, 5) is 28.2. The maximum atomic E-state index is 12.3. The number of carbonyl (C=O) groups is 1. The van der Waals surface area contributed by atoms with E-state index in [0.29, 0.717) is 24.4 Å². The van der Waals surface area contributed by atoms with Crippen LogP contribution in [0.25, 0.3) is 5.65 Å². The van der Waals surface area contributed by atoms with Gasteiger partial charge in [0, 0.05) is 44.5 Å². The lowest BCUT2D eigenvalue weighted by atomic mass is 10.2. The van der Waals surface area contributed by atoms with Crippen LogP contribution in [0.3, 0.4) is 0 Å². The Balaban J connectivity index is 1.80. The van der Waals surface area contributed by atoms with Gasteiger partial charge in [-0.05, 0) is 18.2 Å². The molecule has 0 fully saturated rings. The molecule has 23 heavy (non-hydrogen) atoms. The predicted octanol–water partition coefficient (Wildman–Crippen LogP) is 1.39. The van der Waals surface area contributed by atoms with Gasteiger partial charge in [-0.25, -0.2) is 4.98 Å². The van der Waals surface area contributed by atoms with E-state index in [1.807, 2.05) is 10.5 Å². The van der Waals surface area contributed by atoms with Crippen LogP contribution >= 0.6 is 0 Å². The van der Waals surface area contributed by atoms with Gasteiger partial charge < -0.3 is 19.0 Å². The molecule has 7 heteroatoms. The molecule has 0 saturated carbocycles. The van der Waals surface area contributed by atoms with Crippen molar-refractivity contribution in [3.05, 3.63) is 65.0 Å². The Hall–Kier alpha value is -2.93. The Kier molecular flexibility index (Phi) is 4.20. The number of imidazole rings is 1. The van der Waals surface area contributed by atoms with Crippen LogP contribution in [0, 0.1) is 0 Å². The van der Waals surface area contributed by atoms with Gasteiger partial charge in [0.2, 0.25) is 0 Å². The quantitative estimate of drug-likeness (QED) is 0.772. The summed E-state index contributed by atoms with van der Waals surface area (Å²) >= 11 is 0. The molecular formula is C16H16N4O3. The zero-order chi connectivity index (χ0) is 16.2. The van der Waals surface area contributed by atoms with Gasteiger partial charge in [-0.15, -0.1) is 0 Å². The number of ether oxygens (including phenoxy) is 1. The van der Waals surface area contributed by atoms with Crippen molar-refractivity contribution < 1.29 is 9.53 Å². The first-order valence-corrected chi connectivity index (χ1v) is 7.11. The number of fused-ring (bicyclic) bond motifs is 1. The highest BCUT2D eigenvalue weighted by Crippen LogP contribution is 2.11. The number of nitrogens with zero attached hydrogens (tertiary/aromatic N) is 3. The van der Waals surface area contributed by atoms with Crippen molar-refractivity contribution in [1.29, 1.82) is 0 Å². The third-order valence-corrected chi connectivity index (χ3v) is 3.43. The SMILES string of the molecule is COCCn1cc(C(=O)Nc2ccc3nccn3c2)ccc1=O. The lowest BCUT2D eigenvalue weighted by Crippen LogP contribution is -2.23. The number of hydrogen-bond donors (Lipinski definition) is 1. The van der Waals surface area contributed by atoms with Crippen molar-refractivity contribution in [2.24, 2.45) is 0 Å². The molecule has 0 aliphatic heterocycles. The molecule has 3 aromatic heterocycles. The molecular weight excluding hydrogens is 296 g/mol. The summed E-state index contributed by atoms with van der Waals surface area (Å²) in [6, 6.07) is 6.48. The minimum atomic E-state index is -0.282. The summed E-state index contributed by atoms with van der Waals surface area (Å²) in [6.45, 7) is 0.805. The van der Waals surface area contributed by atoms with E-state index in [9.17, 15) is 9.59 Å². The lowest BCUT2D eigenvalue weighted by Gasteiger charge is -2.09. The minimum absolute atomic E-state index is 0.168. The fourth-order valence-electron chi connectivity index (χ4n) is 2.23. The van der Waals surface area contributed by atoms with Crippen molar-refractivity contribution in [1.82, 2.24) is 14.0 Å². The van der Waals surface area contributed by atoms with Crippen LogP contribution in [-0.4, -0.2) is 33.6 Å². The Morgan fingerprint density at radius 2 is 2.13 bits per heavy atom. The van der Waals surface area contributed by atoms with Crippen LogP contribution in [0.1, 0.15) is 10.4 Å². The van der Waals surface area contributed by atoms with Crippen molar-refractivity contribution in [3.8, 4) is 0 Å². The van der Waals surface area contributed by atoms with E-state index >= 15 is 0 Å². The van der Waals surface area contributed by atoms with E-state index in [0.717, 1.165) is 5.65 Å². The van der Waals surface area contributed by atoms with Gasteiger partial charge in [0.25, 0.3) is 11.5 Å². The van der Waals surface area contributed by atoms with E-state index in [1.54, 1.807) is 31.8 Å². The Morgan fingerprint density at radius 3 is 2.96 bits per heavy atom. The van der Waals surface area contributed by atoms with Crippen molar-refractivity contribution in [2.75, 3.05) is 19.0 Å². The van der Waals surface area contributed by atoms with Gasteiger partial charge in [-0.2, -0.15) is 0 Å². The monoisotopic (exact) mass is 312 g/mol. The zero-order valence-electron chi connectivity index (χ0n) is 12.6. The average Bonchev–Trinajstić information content (AvgIpc) is 3.01. The number of nitrogens with one attached hydrogen (secondary N) is 1. The van der Waals surface area contributed by atoms with Gasteiger partial charge in [0.1, 0.15) is 5.65 Å². The molecule has 3 rings (SSSR count). The number of rotatable bonds is 5. The topological polar surface area (TPSA) is 77.6 Å². The number of hydrogen-bond acceptors (Lipinski definition) is 4. The molecule has 0 aliphatic carbocycles. The summed E-state index contributed by atoms with van der Waals surface area (Å²) < 4.78 is 8.23. The summed E-state index contributed by atoms with van der Waals surface area (Å²) in [5.41, 5.74) is 1.69. The number of aromatic nitrogens is 3. The zero-order valence-corrected chi connectivity index (χ0v) is 12.6.